The minimum absolute atomic E-state index is 0.189. The van der Waals surface area contributed by atoms with Crippen LogP contribution in [0.25, 0.3) is 0 Å². The zero-order chi connectivity index (χ0) is 13.5. The van der Waals surface area contributed by atoms with Crippen molar-refractivity contribution in [2.75, 3.05) is 0 Å². The molecule has 0 unspecified atom stereocenters. The van der Waals surface area contributed by atoms with Crippen molar-refractivity contribution in [3.05, 3.63) is 64.9 Å². The van der Waals surface area contributed by atoms with E-state index in [2.05, 4.69) is 15.5 Å². The number of rotatable bonds is 4. The molecule has 0 saturated heterocycles. The van der Waals surface area contributed by atoms with Crippen LogP contribution in [0.15, 0.2) is 53.9 Å². The standard InChI is InChI=1S/C14H12ClN3O/c15-13-5-1-3-11(7-13)10-17-18-14(19)8-12-4-2-6-16-9-12/h1-7,9-10H,8H2,(H,18,19). The van der Waals surface area contributed by atoms with E-state index in [4.69, 9.17) is 11.6 Å². The normalized spacial score (nSPS) is 10.6. The summed E-state index contributed by atoms with van der Waals surface area (Å²) in [4.78, 5) is 15.5. The summed E-state index contributed by atoms with van der Waals surface area (Å²) < 4.78 is 0. The number of benzene rings is 1. The smallest absolute Gasteiger partial charge is 0.244 e. The highest BCUT2D eigenvalue weighted by molar-refractivity contribution is 6.30. The van der Waals surface area contributed by atoms with Gasteiger partial charge in [0.05, 0.1) is 12.6 Å². The zero-order valence-corrected chi connectivity index (χ0v) is 10.8. The largest absolute Gasteiger partial charge is 0.273 e. The Kier molecular flexibility index (Phi) is 4.64. The highest BCUT2D eigenvalue weighted by Gasteiger charge is 2.01. The molecule has 2 aromatic rings. The van der Waals surface area contributed by atoms with Crippen molar-refractivity contribution < 1.29 is 4.79 Å². The van der Waals surface area contributed by atoms with Gasteiger partial charge in [-0.25, -0.2) is 5.43 Å². The number of amides is 1. The van der Waals surface area contributed by atoms with Crippen molar-refractivity contribution in [1.29, 1.82) is 0 Å². The van der Waals surface area contributed by atoms with Crippen LogP contribution in [0.2, 0.25) is 5.02 Å². The summed E-state index contributed by atoms with van der Waals surface area (Å²) in [6.45, 7) is 0. The van der Waals surface area contributed by atoms with Gasteiger partial charge in [-0.2, -0.15) is 5.10 Å². The van der Waals surface area contributed by atoms with Gasteiger partial charge in [0.15, 0.2) is 0 Å². The lowest BCUT2D eigenvalue weighted by Gasteiger charge is -1.99. The zero-order valence-electron chi connectivity index (χ0n) is 10.1. The topological polar surface area (TPSA) is 54.4 Å². The molecule has 5 heteroatoms. The monoisotopic (exact) mass is 273 g/mol. The van der Waals surface area contributed by atoms with Crippen molar-refractivity contribution in [3.63, 3.8) is 0 Å². The van der Waals surface area contributed by atoms with Gasteiger partial charge >= 0.3 is 0 Å². The molecule has 2 rings (SSSR count). The lowest BCUT2D eigenvalue weighted by atomic mass is 10.2. The maximum Gasteiger partial charge on any atom is 0.244 e. The second-order valence-electron chi connectivity index (χ2n) is 3.89. The van der Waals surface area contributed by atoms with Gasteiger partial charge in [0.25, 0.3) is 0 Å². The highest BCUT2D eigenvalue weighted by Crippen LogP contribution is 2.08. The van der Waals surface area contributed by atoms with Gasteiger partial charge in [0, 0.05) is 17.4 Å². The molecule has 0 spiro atoms. The third kappa shape index (κ3) is 4.52. The molecule has 0 radical (unpaired) electrons. The van der Waals surface area contributed by atoms with Gasteiger partial charge in [0.1, 0.15) is 0 Å². The maximum atomic E-state index is 11.6. The highest BCUT2D eigenvalue weighted by atomic mass is 35.5. The lowest BCUT2D eigenvalue weighted by molar-refractivity contribution is -0.120. The number of carbonyl (C=O) groups is 1. The van der Waals surface area contributed by atoms with Crippen molar-refractivity contribution in [1.82, 2.24) is 10.4 Å². The van der Waals surface area contributed by atoms with E-state index in [9.17, 15) is 4.79 Å². The fourth-order valence-corrected chi connectivity index (χ4v) is 1.69. The first kappa shape index (κ1) is 13.2. The van der Waals surface area contributed by atoms with Gasteiger partial charge in [-0.05, 0) is 29.3 Å². The summed E-state index contributed by atoms with van der Waals surface area (Å²) in [7, 11) is 0. The van der Waals surface area contributed by atoms with E-state index >= 15 is 0 Å². The molecule has 0 saturated carbocycles. The summed E-state index contributed by atoms with van der Waals surface area (Å²) in [6, 6.07) is 10.8. The number of hydrogen-bond donors (Lipinski definition) is 1. The number of halogens is 1. The van der Waals surface area contributed by atoms with Crippen molar-refractivity contribution >= 4 is 23.7 Å². The van der Waals surface area contributed by atoms with E-state index in [1.54, 1.807) is 36.8 Å². The summed E-state index contributed by atoms with van der Waals surface area (Å²) in [5, 5.41) is 4.51. The predicted molar refractivity (Wildman–Crippen MR) is 75.1 cm³/mol. The molecule has 1 heterocycles. The van der Waals surface area contributed by atoms with E-state index in [-0.39, 0.29) is 12.3 Å². The van der Waals surface area contributed by atoms with Gasteiger partial charge in [-0.3, -0.25) is 9.78 Å². The molecule has 1 N–H and O–H groups in total. The minimum Gasteiger partial charge on any atom is -0.273 e. The molecule has 0 aliphatic heterocycles. The molecular weight excluding hydrogens is 262 g/mol. The first-order valence-electron chi connectivity index (χ1n) is 5.70. The molecule has 0 aliphatic carbocycles. The van der Waals surface area contributed by atoms with Crippen LogP contribution in [0.1, 0.15) is 11.1 Å². The van der Waals surface area contributed by atoms with E-state index in [0.717, 1.165) is 11.1 Å². The van der Waals surface area contributed by atoms with Gasteiger partial charge in [0.2, 0.25) is 5.91 Å². The van der Waals surface area contributed by atoms with Crippen LogP contribution >= 0.6 is 11.6 Å². The summed E-state index contributed by atoms with van der Waals surface area (Å²) in [5.74, 6) is -0.189. The predicted octanol–water partition coefficient (Wildman–Crippen LogP) is 2.43. The van der Waals surface area contributed by atoms with E-state index in [1.807, 2.05) is 18.2 Å². The summed E-state index contributed by atoms with van der Waals surface area (Å²) >= 11 is 5.84. The number of aromatic nitrogens is 1. The fourth-order valence-electron chi connectivity index (χ4n) is 1.49. The van der Waals surface area contributed by atoms with E-state index in [0.29, 0.717) is 5.02 Å². The Morgan fingerprint density at radius 2 is 2.26 bits per heavy atom. The lowest BCUT2D eigenvalue weighted by Crippen LogP contribution is -2.19. The number of nitrogens with one attached hydrogen (secondary N) is 1. The van der Waals surface area contributed by atoms with E-state index in [1.165, 1.54) is 0 Å². The number of pyridine rings is 1. The van der Waals surface area contributed by atoms with Crippen LogP contribution in [-0.4, -0.2) is 17.1 Å². The number of carbonyl (C=O) groups excluding carboxylic acids is 1. The minimum atomic E-state index is -0.189. The molecule has 0 aliphatic rings. The molecular formula is C14H12ClN3O. The SMILES string of the molecule is O=C(Cc1cccnc1)NN=Cc1cccc(Cl)c1. The van der Waals surface area contributed by atoms with Gasteiger partial charge < -0.3 is 0 Å². The Morgan fingerprint density at radius 3 is 3.00 bits per heavy atom. The Morgan fingerprint density at radius 1 is 1.37 bits per heavy atom. The Bertz CT molecular complexity index is 584. The Balaban J connectivity index is 1.87. The number of hydrogen-bond acceptors (Lipinski definition) is 3. The quantitative estimate of drug-likeness (QED) is 0.687. The average molecular weight is 274 g/mol. The number of hydrazone groups is 1. The van der Waals surface area contributed by atoms with Crippen LogP contribution in [-0.2, 0) is 11.2 Å². The Hall–Kier alpha value is -2.20. The molecule has 1 aromatic heterocycles. The average Bonchev–Trinajstić information content (AvgIpc) is 2.40. The molecule has 19 heavy (non-hydrogen) atoms. The second kappa shape index (κ2) is 6.66. The van der Waals surface area contributed by atoms with Crippen LogP contribution in [0, 0.1) is 0 Å². The first-order chi connectivity index (χ1) is 9.24. The molecule has 0 fully saturated rings. The van der Waals surface area contributed by atoms with E-state index < -0.39 is 0 Å². The molecule has 0 bridgehead atoms. The van der Waals surface area contributed by atoms with Gasteiger partial charge in [-0.15, -0.1) is 0 Å². The third-order valence-electron chi connectivity index (χ3n) is 2.34. The molecule has 96 valence electrons. The molecule has 1 aromatic carbocycles. The third-order valence-corrected chi connectivity index (χ3v) is 2.57. The summed E-state index contributed by atoms with van der Waals surface area (Å²) in [6.07, 6.45) is 5.12. The van der Waals surface area contributed by atoms with Crippen LogP contribution in [0.3, 0.4) is 0 Å². The van der Waals surface area contributed by atoms with Crippen LogP contribution < -0.4 is 5.43 Å². The molecule has 1 amide bonds. The van der Waals surface area contributed by atoms with Crippen molar-refractivity contribution in [3.8, 4) is 0 Å². The van der Waals surface area contributed by atoms with Crippen LogP contribution in [0.5, 0.6) is 0 Å². The Labute approximate surface area is 116 Å². The van der Waals surface area contributed by atoms with Crippen LogP contribution in [0.4, 0.5) is 0 Å². The molecule has 4 nitrogen and oxygen atoms in total. The first-order valence-corrected chi connectivity index (χ1v) is 6.08. The molecule has 0 atom stereocenters. The fraction of sp³-hybridized carbons (Fsp3) is 0.0714. The number of nitrogens with zero attached hydrogens (tertiary/aromatic N) is 2. The maximum absolute atomic E-state index is 11.6. The second-order valence-corrected chi connectivity index (χ2v) is 4.32. The van der Waals surface area contributed by atoms with Crippen molar-refractivity contribution in [2.24, 2.45) is 5.10 Å². The summed E-state index contributed by atoms with van der Waals surface area (Å²) in [5.41, 5.74) is 4.13. The van der Waals surface area contributed by atoms with Crippen molar-refractivity contribution in [2.45, 2.75) is 6.42 Å². The van der Waals surface area contributed by atoms with Gasteiger partial charge in [-0.1, -0.05) is 29.8 Å².